The lowest BCUT2D eigenvalue weighted by atomic mass is 9.64. The fourth-order valence-electron chi connectivity index (χ4n) is 6.90. The second-order valence-electron chi connectivity index (χ2n) is 12.2. The highest BCUT2D eigenvalue weighted by Gasteiger charge is 2.73. The molecule has 1 saturated heterocycles. The molecule has 1 heterocycles. The van der Waals surface area contributed by atoms with Crippen LogP contribution in [0.3, 0.4) is 0 Å². The molecule has 0 spiro atoms. The minimum Gasteiger partial charge on any atom is -0.496 e. The summed E-state index contributed by atoms with van der Waals surface area (Å²) in [6.07, 6.45) is -1.18. The molecule has 0 unspecified atom stereocenters. The molecular formula is C37H44O8Si. The maximum absolute atomic E-state index is 15.1. The Morgan fingerprint density at radius 3 is 2.11 bits per heavy atom. The number of carbonyl (C=O) groups is 3. The maximum atomic E-state index is 15.1. The highest BCUT2D eigenvalue weighted by molar-refractivity contribution is 6.82. The van der Waals surface area contributed by atoms with Crippen LogP contribution in [0.1, 0.15) is 60.3 Å². The van der Waals surface area contributed by atoms with Crippen molar-refractivity contribution in [2.45, 2.75) is 81.9 Å². The first-order valence-corrected chi connectivity index (χ1v) is 19.0. The van der Waals surface area contributed by atoms with E-state index in [9.17, 15) is 9.59 Å². The Bertz CT molecular complexity index is 1510. The molecule has 5 rings (SSSR count). The number of esters is 1. The molecule has 0 radical (unpaired) electrons. The monoisotopic (exact) mass is 644 g/mol. The largest absolute Gasteiger partial charge is 0.496 e. The van der Waals surface area contributed by atoms with Crippen molar-refractivity contribution in [3.63, 3.8) is 0 Å². The van der Waals surface area contributed by atoms with Crippen molar-refractivity contribution in [2.75, 3.05) is 20.3 Å². The number of methoxy groups -OCH3 is 1. The van der Waals surface area contributed by atoms with Crippen LogP contribution in [0.4, 0.5) is 0 Å². The Hall–Kier alpha value is -3.63. The number of rotatable bonds is 13. The molecule has 0 amide bonds. The lowest BCUT2D eigenvalue weighted by molar-refractivity contribution is -0.252. The van der Waals surface area contributed by atoms with Gasteiger partial charge in [-0.3, -0.25) is 14.4 Å². The van der Waals surface area contributed by atoms with Gasteiger partial charge in [-0.1, -0.05) is 112 Å². The molecule has 0 aromatic heterocycles. The zero-order valence-electron chi connectivity index (χ0n) is 27.2. The van der Waals surface area contributed by atoms with Crippen LogP contribution in [0, 0.1) is 0 Å². The van der Waals surface area contributed by atoms with Gasteiger partial charge in [-0.05, 0) is 22.8 Å². The maximum Gasteiger partial charge on any atom is 0.304 e. The molecule has 8 nitrogen and oxygen atoms in total. The number of ketones is 2. The molecular weight excluding hydrogens is 600 g/mol. The van der Waals surface area contributed by atoms with Crippen LogP contribution < -0.4 is 4.74 Å². The summed E-state index contributed by atoms with van der Waals surface area (Å²) in [6, 6.07) is 27.1. The summed E-state index contributed by atoms with van der Waals surface area (Å²) in [6.45, 7) is 6.29. The molecule has 0 bridgehead atoms. The molecule has 1 aliphatic carbocycles. The van der Waals surface area contributed by atoms with Gasteiger partial charge in [0.25, 0.3) is 5.60 Å². The summed E-state index contributed by atoms with van der Waals surface area (Å²) < 4.78 is 31.8. The Balaban J connectivity index is 1.74. The molecule has 1 fully saturated rings. The van der Waals surface area contributed by atoms with E-state index in [0.29, 0.717) is 5.56 Å². The van der Waals surface area contributed by atoms with E-state index in [4.69, 9.17) is 23.7 Å². The van der Waals surface area contributed by atoms with Gasteiger partial charge in [0.1, 0.15) is 11.9 Å². The van der Waals surface area contributed by atoms with Gasteiger partial charge in [0.2, 0.25) is 5.78 Å². The third kappa shape index (κ3) is 6.09. The molecule has 9 heteroatoms. The van der Waals surface area contributed by atoms with Crippen molar-refractivity contribution in [1.82, 2.24) is 0 Å². The highest BCUT2D eigenvalue weighted by atomic mass is 28.3. The minimum absolute atomic E-state index is 0.0200. The van der Waals surface area contributed by atoms with Gasteiger partial charge in [0.15, 0.2) is 11.4 Å². The standard InChI is InChI=1S/C37H44O8Si/c1-5-46(6-2,7-3)25-32(39)45-37-31(38)21-22-42-26-36(37,44-24-28-17-12-9-13-18-28)35(43-23-27-15-10-8-11-16-27)29-19-14-20-30(41-4)33(29)34(37)40/h8-20,35H,5-7,21-26H2,1-4H3/t35-,36-,37+/m1/s1. The lowest BCUT2D eigenvalue weighted by Crippen LogP contribution is -2.73. The number of Topliss-reactive ketones (excluding diaryl/α,β-unsaturated/α-hetero) is 2. The van der Waals surface area contributed by atoms with Gasteiger partial charge in [0.05, 0.1) is 47.2 Å². The van der Waals surface area contributed by atoms with Crippen molar-refractivity contribution in [3.05, 3.63) is 101 Å². The fraction of sp³-hybridized carbons (Fsp3) is 0.432. The molecule has 0 N–H and O–H groups in total. The van der Waals surface area contributed by atoms with E-state index >= 15 is 4.79 Å². The third-order valence-electron chi connectivity index (χ3n) is 9.94. The third-order valence-corrected chi connectivity index (χ3v) is 15.5. The minimum atomic E-state index is -2.37. The summed E-state index contributed by atoms with van der Waals surface area (Å²) in [5, 5.41) is 0. The Morgan fingerprint density at radius 2 is 1.50 bits per heavy atom. The molecule has 1 aliphatic heterocycles. The van der Waals surface area contributed by atoms with Crippen LogP contribution in [0.2, 0.25) is 24.2 Å². The summed E-state index contributed by atoms with van der Waals surface area (Å²) >= 11 is 0. The van der Waals surface area contributed by atoms with Gasteiger partial charge in [-0.25, -0.2) is 0 Å². The first-order chi connectivity index (χ1) is 22.3. The summed E-state index contributed by atoms with van der Waals surface area (Å²) in [4.78, 5) is 43.9. The number of carbonyl (C=O) groups excluding carboxylic acids is 3. The van der Waals surface area contributed by atoms with Crippen molar-refractivity contribution in [2.24, 2.45) is 0 Å². The number of benzene rings is 3. The first-order valence-electron chi connectivity index (χ1n) is 16.2. The SMILES string of the molecule is CC[Si](CC)(CC)CC(=O)O[C@]12C(=O)CCOC[C@@]1(OCc1ccccc1)[C@H](OCc1ccccc1)c1cccc(OC)c1C2=O. The van der Waals surface area contributed by atoms with Crippen LogP contribution >= 0.6 is 0 Å². The van der Waals surface area contributed by atoms with Crippen LogP contribution in [0.15, 0.2) is 78.9 Å². The van der Waals surface area contributed by atoms with E-state index in [-0.39, 0.29) is 50.2 Å². The van der Waals surface area contributed by atoms with E-state index in [2.05, 4.69) is 20.8 Å². The number of hydrogen-bond donors (Lipinski definition) is 0. The lowest BCUT2D eigenvalue weighted by Gasteiger charge is -2.52. The normalized spacial score (nSPS) is 22.8. The Kier molecular flexibility index (Phi) is 10.6. The summed E-state index contributed by atoms with van der Waals surface area (Å²) in [5.74, 6) is -1.56. The van der Waals surface area contributed by atoms with Crippen LogP contribution in [0.5, 0.6) is 5.75 Å². The highest BCUT2D eigenvalue weighted by Crippen LogP contribution is 2.54. The smallest absolute Gasteiger partial charge is 0.304 e. The quantitative estimate of drug-likeness (QED) is 0.113. The summed E-state index contributed by atoms with van der Waals surface area (Å²) in [5.41, 5.74) is -1.88. The van der Waals surface area contributed by atoms with Crippen molar-refractivity contribution in [3.8, 4) is 5.75 Å². The Labute approximate surface area is 272 Å². The predicted octanol–water partition coefficient (Wildman–Crippen LogP) is 6.88. The molecule has 244 valence electrons. The van der Waals surface area contributed by atoms with Gasteiger partial charge < -0.3 is 23.7 Å². The van der Waals surface area contributed by atoms with E-state index < -0.39 is 42.9 Å². The topological polar surface area (TPSA) is 97.4 Å². The van der Waals surface area contributed by atoms with Gasteiger partial charge in [0, 0.05) is 12.5 Å². The van der Waals surface area contributed by atoms with E-state index in [0.717, 1.165) is 29.3 Å². The second-order valence-corrected chi connectivity index (χ2v) is 17.7. The van der Waals surface area contributed by atoms with E-state index in [1.165, 1.54) is 7.11 Å². The van der Waals surface area contributed by atoms with Crippen LogP contribution in [-0.4, -0.2) is 57.1 Å². The van der Waals surface area contributed by atoms with Crippen LogP contribution in [0.25, 0.3) is 0 Å². The fourth-order valence-corrected chi connectivity index (χ4v) is 9.83. The first kappa shape index (κ1) is 33.7. The van der Waals surface area contributed by atoms with Crippen LogP contribution in [-0.2, 0) is 41.8 Å². The zero-order valence-corrected chi connectivity index (χ0v) is 28.2. The number of hydrogen-bond acceptors (Lipinski definition) is 8. The zero-order chi connectivity index (χ0) is 32.8. The van der Waals surface area contributed by atoms with Crippen molar-refractivity contribution >= 4 is 25.6 Å². The van der Waals surface area contributed by atoms with E-state index in [1.807, 2.05) is 60.7 Å². The molecule has 3 aromatic carbocycles. The van der Waals surface area contributed by atoms with Gasteiger partial charge in [-0.2, -0.15) is 0 Å². The number of ether oxygens (including phenoxy) is 5. The molecule has 46 heavy (non-hydrogen) atoms. The van der Waals surface area contributed by atoms with Gasteiger partial charge >= 0.3 is 5.97 Å². The predicted molar refractivity (Wildman–Crippen MR) is 177 cm³/mol. The molecule has 0 saturated carbocycles. The Morgan fingerprint density at radius 1 is 0.870 bits per heavy atom. The van der Waals surface area contributed by atoms with E-state index in [1.54, 1.807) is 18.2 Å². The molecule has 2 aliphatic rings. The van der Waals surface area contributed by atoms with Crippen molar-refractivity contribution in [1.29, 1.82) is 0 Å². The average Bonchev–Trinajstić information content (AvgIpc) is 3.23. The summed E-state index contributed by atoms with van der Waals surface area (Å²) in [7, 11) is -0.599. The molecule has 3 aromatic rings. The van der Waals surface area contributed by atoms with Crippen molar-refractivity contribution < 1.29 is 38.1 Å². The average molecular weight is 645 g/mol. The second kappa shape index (κ2) is 14.4. The van der Waals surface area contributed by atoms with Gasteiger partial charge in [-0.15, -0.1) is 0 Å². The number of fused-ring (bicyclic) bond motifs is 2. The molecule has 3 atom stereocenters.